The third-order valence-corrected chi connectivity index (χ3v) is 7.45. The summed E-state index contributed by atoms with van der Waals surface area (Å²) in [6, 6.07) is 4.51. The van der Waals surface area contributed by atoms with Crippen molar-refractivity contribution in [3.63, 3.8) is 0 Å². The molecule has 1 aromatic rings. The summed E-state index contributed by atoms with van der Waals surface area (Å²) in [5.74, 6) is -0.226. The third-order valence-electron chi connectivity index (χ3n) is 5.33. The zero-order chi connectivity index (χ0) is 20.9. The smallest absolute Gasteiger partial charge is 0.246 e. The monoisotopic (exact) mass is 445 g/mol. The number of sulfonamides is 1. The van der Waals surface area contributed by atoms with Crippen LogP contribution < -0.4 is 10.1 Å². The number of hydrogen-bond acceptors (Lipinski definition) is 6. The van der Waals surface area contributed by atoms with Crippen molar-refractivity contribution in [2.24, 2.45) is 5.92 Å². The minimum atomic E-state index is -3.81. The highest BCUT2D eigenvalue weighted by atomic mass is 35.5. The molecule has 2 saturated heterocycles. The molecule has 1 N–H and O–H groups in total. The molecule has 29 heavy (non-hydrogen) atoms. The van der Waals surface area contributed by atoms with Crippen LogP contribution in [0.2, 0.25) is 5.02 Å². The van der Waals surface area contributed by atoms with E-state index in [4.69, 9.17) is 21.1 Å². The summed E-state index contributed by atoms with van der Waals surface area (Å²) in [5.41, 5.74) is 0. The Morgan fingerprint density at radius 3 is 2.79 bits per heavy atom. The summed E-state index contributed by atoms with van der Waals surface area (Å²) in [4.78, 5) is 14.9. The lowest BCUT2D eigenvalue weighted by molar-refractivity contribution is -0.126. The van der Waals surface area contributed by atoms with Gasteiger partial charge >= 0.3 is 0 Å². The predicted octanol–water partition coefficient (Wildman–Crippen LogP) is 1.20. The van der Waals surface area contributed by atoms with E-state index in [-0.39, 0.29) is 29.0 Å². The van der Waals surface area contributed by atoms with Crippen LogP contribution in [0.3, 0.4) is 0 Å². The number of ether oxygens (including phenoxy) is 2. The van der Waals surface area contributed by atoms with Crippen LogP contribution >= 0.6 is 11.6 Å². The zero-order valence-electron chi connectivity index (χ0n) is 16.6. The van der Waals surface area contributed by atoms with Gasteiger partial charge in [-0.1, -0.05) is 11.6 Å². The second-order valence-corrected chi connectivity index (χ2v) is 9.59. The molecule has 1 amide bonds. The van der Waals surface area contributed by atoms with E-state index in [2.05, 4.69) is 10.2 Å². The average Bonchev–Trinajstić information content (AvgIpc) is 2.74. The number of halogens is 1. The highest BCUT2D eigenvalue weighted by Crippen LogP contribution is 2.31. The van der Waals surface area contributed by atoms with Gasteiger partial charge in [-0.05, 0) is 31.0 Å². The van der Waals surface area contributed by atoms with Gasteiger partial charge in [0.05, 0.1) is 26.2 Å². The summed E-state index contributed by atoms with van der Waals surface area (Å²) >= 11 is 6.00. The molecule has 1 atom stereocenters. The standard InChI is InChI=1S/C19H28ClN3O5S/c1-27-17-5-4-16(20)13-18(17)29(25,26)23-7-2-3-15(14-23)19(24)21-6-8-22-9-11-28-12-10-22/h4-5,13,15H,2-3,6-12,14H2,1H3,(H,21,24)/t15-/m0/s1. The van der Waals surface area contributed by atoms with Crippen molar-refractivity contribution in [3.05, 3.63) is 23.2 Å². The molecule has 0 saturated carbocycles. The molecule has 0 bridgehead atoms. The van der Waals surface area contributed by atoms with Gasteiger partial charge in [0.15, 0.2) is 0 Å². The Morgan fingerprint density at radius 1 is 1.31 bits per heavy atom. The Kier molecular flexibility index (Phi) is 7.75. The van der Waals surface area contributed by atoms with Crippen LogP contribution in [-0.4, -0.2) is 83.1 Å². The number of morpholine rings is 1. The molecule has 0 spiro atoms. The number of nitrogens with one attached hydrogen (secondary N) is 1. The lowest BCUT2D eigenvalue weighted by atomic mass is 9.99. The second-order valence-electron chi connectivity index (χ2n) is 7.24. The molecule has 0 aliphatic carbocycles. The number of methoxy groups -OCH3 is 1. The maximum atomic E-state index is 13.1. The third kappa shape index (κ3) is 5.61. The van der Waals surface area contributed by atoms with Gasteiger partial charge in [0.1, 0.15) is 10.6 Å². The van der Waals surface area contributed by atoms with Crippen LogP contribution in [0, 0.1) is 5.92 Å². The summed E-state index contributed by atoms with van der Waals surface area (Å²) in [6.07, 6.45) is 1.30. The van der Waals surface area contributed by atoms with Crippen LogP contribution in [0.15, 0.2) is 23.1 Å². The Morgan fingerprint density at radius 2 is 2.07 bits per heavy atom. The molecule has 2 aliphatic heterocycles. The van der Waals surface area contributed by atoms with E-state index in [9.17, 15) is 13.2 Å². The lowest BCUT2D eigenvalue weighted by Crippen LogP contribution is -2.47. The van der Waals surface area contributed by atoms with Gasteiger partial charge in [0, 0.05) is 44.3 Å². The summed E-state index contributed by atoms with van der Waals surface area (Å²) in [5, 5.41) is 3.27. The van der Waals surface area contributed by atoms with E-state index in [0.29, 0.717) is 31.0 Å². The van der Waals surface area contributed by atoms with E-state index < -0.39 is 10.0 Å². The van der Waals surface area contributed by atoms with Crippen molar-refractivity contribution in [3.8, 4) is 5.75 Å². The number of carbonyl (C=O) groups excluding carboxylic acids is 1. The molecule has 2 aliphatic rings. The van der Waals surface area contributed by atoms with Gasteiger partial charge in [-0.25, -0.2) is 8.42 Å². The highest BCUT2D eigenvalue weighted by molar-refractivity contribution is 7.89. The number of nitrogens with zero attached hydrogens (tertiary/aromatic N) is 2. The van der Waals surface area contributed by atoms with E-state index in [0.717, 1.165) is 32.8 Å². The molecule has 8 nitrogen and oxygen atoms in total. The first-order chi connectivity index (χ1) is 13.9. The fraction of sp³-hybridized carbons (Fsp3) is 0.632. The van der Waals surface area contributed by atoms with Crippen LogP contribution in [0.5, 0.6) is 5.75 Å². The molecule has 162 valence electrons. The number of hydrogen-bond donors (Lipinski definition) is 1. The number of rotatable bonds is 7. The predicted molar refractivity (Wildman–Crippen MR) is 110 cm³/mol. The molecule has 2 fully saturated rings. The van der Waals surface area contributed by atoms with Crippen LogP contribution in [-0.2, 0) is 19.6 Å². The van der Waals surface area contributed by atoms with E-state index in [1.165, 1.54) is 23.5 Å². The quantitative estimate of drug-likeness (QED) is 0.678. The van der Waals surface area contributed by atoms with Gasteiger partial charge in [0.25, 0.3) is 0 Å². The topological polar surface area (TPSA) is 88.2 Å². The zero-order valence-corrected chi connectivity index (χ0v) is 18.2. The fourth-order valence-electron chi connectivity index (χ4n) is 3.67. The summed E-state index contributed by atoms with van der Waals surface area (Å²) < 4.78 is 38.2. The van der Waals surface area contributed by atoms with Gasteiger partial charge < -0.3 is 14.8 Å². The molecule has 0 unspecified atom stereocenters. The largest absolute Gasteiger partial charge is 0.495 e. The first-order valence-electron chi connectivity index (χ1n) is 9.83. The van der Waals surface area contributed by atoms with Crippen LogP contribution in [0.4, 0.5) is 0 Å². The first-order valence-corrected chi connectivity index (χ1v) is 11.6. The maximum Gasteiger partial charge on any atom is 0.246 e. The lowest BCUT2D eigenvalue weighted by Gasteiger charge is -2.32. The second kappa shape index (κ2) is 10.1. The fourth-order valence-corrected chi connectivity index (χ4v) is 5.61. The van der Waals surface area contributed by atoms with Gasteiger partial charge in [0.2, 0.25) is 15.9 Å². The Hall–Kier alpha value is -1.39. The van der Waals surface area contributed by atoms with Crippen molar-refractivity contribution < 1.29 is 22.7 Å². The van der Waals surface area contributed by atoms with E-state index >= 15 is 0 Å². The van der Waals surface area contributed by atoms with E-state index in [1.54, 1.807) is 6.07 Å². The normalized spacial score (nSPS) is 21.7. The maximum absolute atomic E-state index is 13.1. The Labute approximate surface area is 177 Å². The number of benzene rings is 1. The van der Waals surface area contributed by atoms with Crippen molar-refractivity contribution in [1.82, 2.24) is 14.5 Å². The SMILES string of the molecule is COc1ccc(Cl)cc1S(=O)(=O)N1CCC[C@H](C(=O)NCCN2CCOCC2)C1. The van der Waals surface area contributed by atoms with Gasteiger partial charge in [-0.15, -0.1) is 0 Å². The average molecular weight is 446 g/mol. The minimum absolute atomic E-state index is 0.0286. The molecule has 2 heterocycles. The van der Waals surface area contributed by atoms with Crippen LogP contribution in [0.1, 0.15) is 12.8 Å². The Balaban J connectivity index is 1.60. The first kappa shape index (κ1) is 22.3. The van der Waals surface area contributed by atoms with Crippen molar-refractivity contribution >= 4 is 27.5 Å². The number of carbonyl (C=O) groups is 1. The molecule has 0 radical (unpaired) electrons. The molecule has 1 aromatic carbocycles. The Bertz CT molecular complexity index is 814. The summed E-state index contributed by atoms with van der Waals surface area (Å²) in [7, 11) is -2.39. The van der Waals surface area contributed by atoms with Crippen molar-refractivity contribution in [1.29, 1.82) is 0 Å². The molecular formula is C19H28ClN3O5S. The molecule has 0 aromatic heterocycles. The molecule has 3 rings (SSSR count). The molecular weight excluding hydrogens is 418 g/mol. The van der Waals surface area contributed by atoms with Gasteiger partial charge in [-0.3, -0.25) is 9.69 Å². The molecule has 10 heteroatoms. The van der Waals surface area contributed by atoms with Crippen molar-refractivity contribution in [2.75, 3.05) is 59.6 Å². The van der Waals surface area contributed by atoms with Gasteiger partial charge in [-0.2, -0.15) is 4.31 Å². The minimum Gasteiger partial charge on any atom is -0.495 e. The number of amides is 1. The number of piperidine rings is 1. The highest BCUT2D eigenvalue weighted by Gasteiger charge is 2.35. The van der Waals surface area contributed by atoms with Crippen molar-refractivity contribution in [2.45, 2.75) is 17.7 Å². The summed E-state index contributed by atoms with van der Waals surface area (Å²) in [6.45, 7) is 5.01. The van der Waals surface area contributed by atoms with Crippen LogP contribution in [0.25, 0.3) is 0 Å². The van der Waals surface area contributed by atoms with E-state index in [1.807, 2.05) is 0 Å².